The van der Waals surface area contributed by atoms with E-state index in [1.807, 2.05) is 25.1 Å². The Kier molecular flexibility index (Phi) is 4.98. The van der Waals surface area contributed by atoms with Gasteiger partial charge in [0.05, 0.1) is 24.4 Å². The van der Waals surface area contributed by atoms with Gasteiger partial charge in [-0.15, -0.1) is 5.10 Å². The predicted molar refractivity (Wildman–Crippen MR) is 98.6 cm³/mol. The Morgan fingerprint density at radius 3 is 2.80 bits per heavy atom. The summed E-state index contributed by atoms with van der Waals surface area (Å²) in [6.07, 6.45) is -0.763. The van der Waals surface area contributed by atoms with Crippen molar-refractivity contribution in [2.24, 2.45) is 0 Å². The van der Waals surface area contributed by atoms with Crippen LogP contribution in [0.4, 0.5) is 13.2 Å². The Bertz CT molecular complexity index is 1200. The van der Waals surface area contributed by atoms with Crippen molar-refractivity contribution in [3.63, 3.8) is 0 Å². The maximum absolute atomic E-state index is 12.6. The molecule has 0 aliphatic carbocycles. The van der Waals surface area contributed by atoms with Crippen molar-refractivity contribution in [2.45, 2.75) is 26.1 Å². The average Bonchev–Trinajstić information content (AvgIpc) is 3.33. The summed E-state index contributed by atoms with van der Waals surface area (Å²) in [5, 5.41) is 8.49. The van der Waals surface area contributed by atoms with Gasteiger partial charge >= 0.3 is 12.1 Å². The molecular weight excluding hydrogens is 401 g/mol. The molecule has 7 nitrogen and oxygen atoms in total. The number of esters is 1. The first-order valence-corrected chi connectivity index (χ1v) is 8.87. The van der Waals surface area contributed by atoms with E-state index < -0.39 is 17.7 Å². The van der Waals surface area contributed by atoms with Gasteiger partial charge in [0.15, 0.2) is 5.82 Å². The Balaban J connectivity index is 1.37. The van der Waals surface area contributed by atoms with Crippen molar-refractivity contribution in [1.82, 2.24) is 20.0 Å². The SMILES string of the molecule is Cc1ccc2c(CC(=O)OCc3cn(-c4ccc(C(F)(F)F)cn4)nn3)coc2c1. The lowest BCUT2D eigenvalue weighted by Gasteiger charge is -2.06. The number of hydrogen-bond donors (Lipinski definition) is 0. The fourth-order valence-electron chi connectivity index (χ4n) is 2.85. The van der Waals surface area contributed by atoms with E-state index >= 15 is 0 Å². The van der Waals surface area contributed by atoms with Gasteiger partial charge in [-0.25, -0.2) is 9.67 Å². The number of alkyl halides is 3. The van der Waals surface area contributed by atoms with E-state index in [0.717, 1.165) is 17.0 Å². The third-order valence-electron chi connectivity index (χ3n) is 4.38. The highest BCUT2D eigenvalue weighted by atomic mass is 19.4. The molecule has 0 amide bonds. The minimum absolute atomic E-state index is 0.0324. The molecule has 4 rings (SSSR count). The number of carbonyl (C=O) groups excluding carboxylic acids is 1. The molecule has 0 fully saturated rings. The van der Waals surface area contributed by atoms with Gasteiger partial charge in [0.25, 0.3) is 0 Å². The molecule has 4 aromatic rings. The number of pyridine rings is 1. The second-order valence-corrected chi connectivity index (χ2v) is 6.66. The molecule has 3 heterocycles. The van der Waals surface area contributed by atoms with E-state index in [9.17, 15) is 18.0 Å². The van der Waals surface area contributed by atoms with E-state index in [1.165, 1.54) is 23.2 Å². The van der Waals surface area contributed by atoms with Gasteiger partial charge in [-0.3, -0.25) is 4.79 Å². The zero-order valence-electron chi connectivity index (χ0n) is 15.7. The van der Waals surface area contributed by atoms with E-state index in [-0.39, 0.29) is 18.8 Å². The fraction of sp³-hybridized carbons (Fsp3) is 0.200. The molecule has 0 aliphatic heterocycles. The Labute approximate surface area is 168 Å². The van der Waals surface area contributed by atoms with Crippen LogP contribution in [0.25, 0.3) is 16.8 Å². The van der Waals surface area contributed by atoms with Gasteiger partial charge < -0.3 is 9.15 Å². The van der Waals surface area contributed by atoms with Gasteiger partial charge in [-0.2, -0.15) is 13.2 Å². The molecule has 0 spiro atoms. The highest BCUT2D eigenvalue weighted by Gasteiger charge is 2.30. The molecule has 10 heteroatoms. The van der Waals surface area contributed by atoms with Gasteiger partial charge in [-0.05, 0) is 30.7 Å². The number of rotatable bonds is 5. The first-order chi connectivity index (χ1) is 14.3. The highest BCUT2D eigenvalue weighted by Crippen LogP contribution is 2.28. The molecule has 0 aliphatic rings. The van der Waals surface area contributed by atoms with Crippen molar-refractivity contribution >= 4 is 16.9 Å². The van der Waals surface area contributed by atoms with Crippen LogP contribution in [0.2, 0.25) is 0 Å². The van der Waals surface area contributed by atoms with Crippen LogP contribution in [0, 0.1) is 6.92 Å². The van der Waals surface area contributed by atoms with Crippen molar-refractivity contribution in [3.05, 3.63) is 71.4 Å². The quantitative estimate of drug-likeness (QED) is 0.457. The first-order valence-electron chi connectivity index (χ1n) is 8.87. The number of halogens is 3. The van der Waals surface area contributed by atoms with E-state index in [2.05, 4.69) is 15.3 Å². The monoisotopic (exact) mass is 416 g/mol. The van der Waals surface area contributed by atoms with Gasteiger partial charge in [0.2, 0.25) is 0 Å². The zero-order valence-corrected chi connectivity index (χ0v) is 15.7. The largest absolute Gasteiger partial charge is 0.464 e. The number of aryl methyl sites for hydroxylation is 1. The van der Waals surface area contributed by atoms with Crippen molar-refractivity contribution in [2.75, 3.05) is 0 Å². The third-order valence-corrected chi connectivity index (χ3v) is 4.38. The molecular formula is C20H15F3N4O3. The molecule has 154 valence electrons. The van der Waals surface area contributed by atoms with Crippen LogP contribution < -0.4 is 0 Å². The molecule has 1 aromatic carbocycles. The van der Waals surface area contributed by atoms with Gasteiger partial charge in [-0.1, -0.05) is 17.3 Å². The zero-order chi connectivity index (χ0) is 21.3. The summed E-state index contributed by atoms with van der Waals surface area (Å²) in [6, 6.07) is 7.79. The second kappa shape index (κ2) is 7.62. The maximum Gasteiger partial charge on any atom is 0.417 e. The average molecular weight is 416 g/mol. The third kappa shape index (κ3) is 4.17. The molecule has 0 radical (unpaired) electrons. The van der Waals surface area contributed by atoms with E-state index in [0.29, 0.717) is 23.0 Å². The first kappa shape index (κ1) is 19.6. The summed E-state index contributed by atoms with van der Waals surface area (Å²) in [7, 11) is 0. The summed E-state index contributed by atoms with van der Waals surface area (Å²) in [5.74, 6) is -0.311. The predicted octanol–water partition coefficient (Wildman–Crippen LogP) is 4.02. The summed E-state index contributed by atoms with van der Waals surface area (Å²) in [4.78, 5) is 15.9. The number of benzene rings is 1. The Morgan fingerprint density at radius 1 is 1.23 bits per heavy atom. The van der Waals surface area contributed by atoms with Crippen LogP contribution in [0.5, 0.6) is 0 Å². The molecule has 0 atom stereocenters. The van der Waals surface area contributed by atoms with Crippen molar-refractivity contribution in [1.29, 1.82) is 0 Å². The molecule has 0 bridgehead atoms. The lowest BCUT2D eigenvalue weighted by molar-refractivity contribution is -0.144. The van der Waals surface area contributed by atoms with Crippen LogP contribution in [-0.2, 0) is 28.7 Å². The van der Waals surface area contributed by atoms with Gasteiger partial charge in [0, 0.05) is 17.1 Å². The number of aromatic nitrogens is 4. The molecule has 0 saturated carbocycles. The van der Waals surface area contributed by atoms with Gasteiger partial charge in [0.1, 0.15) is 17.9 Å². The summed E-state index contributed by atoms with van der Waals surface area (Å²) < 4.78 is 49.7. The van der Waals surface area contributed by atoms with E-state index in [4.69, 9.17) is 9.15 Å². The van der Waals surface area contributed by atoms with Crippen LogP contribution in [-0.4, -0.2) is 25.9 Å². The molecule has 30 heavy (non-hydrogen) atoms. The smallest absolute Gasteiger partial charge is 0.417 e. The molecule has 0 N–H and O–H groups in total. The number of hydrogen-bond acceptors (Lipinski definition) is 6. The number of carbonyl (C=O) groups is 1. The maximum atomic E-state index is 12.6. The number of fused-ring (bicyclic) bond motifs is 1. The van der Waals surface area contributed by atoms with Crippen molar-refractivity contribution in [3.8, 4) is 5.82 Å². The summed E-state index contributed by atoms with van der Waals surface area (Å²) in [5.41, 5.74) is 1.94. The number of nitrogens with zero attached hydrogens (tertiary/aromatic N) is 4. The molecule has 3 aromatic heterocycles. The normalized spacial score (nSPS) is 11.7. The van der Waals surface area contributed by atoms with Crippen LogP contribution in [0.15, 0.2) is 53.4 Å². The van der Waals surface area contributed by atoms with Crippen LogP contribution in [0.3, 0.4) is 0 Å². The number of furan rings is 1. The Hall–Kier alpha value is -3.69. The highest BCUT2D eigenvalue weighted by molar-refractivity contribution is 5.86. The lowest BCUT2D eigenvalue weighted by Crippen LogP contribution is -2.08. The number of ether oxygens (including phenoxy) is 1. The minimum Gasteiger partial charge on any atom is -0.464 e. The summed E-state index contributed by atoms with van der Waals surface area (Å²) in [6.45, 7) is 1.82. The topological polar surface area (TPSA) is 83.0 Å². The second-order valence-electron chi connectivity index (χ2n) is 6.66. The molecule has 0 saturated heterocycles. The van der Waals surface area contributed by atoms with Crippen LogP contribution in [0.1, 0.15) is 22.4 Å². The van der Waals surface area contributed by atoms with Crippen molar-refractivity contribution < 1.29 is 27.1 Å². The van der Waals surface area contributed by atoms with Crippen LogP contribution >= 0.6 is 0 Å². The Morgan fingerprint density at radius 2 is 2.07 bits per heavy atom. The lowest BCUT2D eigenvalue weighted by atomic mass is 10.1. The van der Waals surface area contributed by atoms with E-state index in [1.54, 1.807) is 0 Å². The summed E-state index contributed by atoms with van der Waals surface area (Å²) >= 11 is 0. The fourth-order valence-corrected chi connectivity index (χ4v) is 2.85. The standard InChI is InChI=1S/C20H15F3N4O3/c1-12-2-4-16-13(10-29-17(16)6-12)7-19(28)30-11-15-9-27(26-25-15)18-5-3-14(8-24-18)20(21,22)23/h2-6,8-10H,7,11H2,1H3. The molecule has 0 unspecified atom stereocenters. The minimum atomic E-state index is -4.47.